The van der Waals surface area contributed by atoms with Crippen LogP contribution in [-0.2, 0) is 13.0 Å². The van der Waals surface area contributed by atoms with E-state index >= 15 is 0 Å². The number of aliphatic hydroxyl groups excluding tert-OH is 1. The van der Waals surface area contributed by atoms with Crippen LogP contribution in [0.15, 0.2) is 18.2 Å². The van der Waals surface area contributed by atoms with Crippen LogP contribution >= 0.6 is 22.9 Å². The molecule has 1 aromatic heterocycles. The molecule has 4 nitrogen and oxygen atoms in total. The standard InChI is InChI=1S/C14H14ClNO3S/c1-14(2)6-8-4-3-5-9(11(8)19-14)18-13-16-12(15)10(7-17)20-13/h3-5,17H,6-7H2,1-2H3. The van der Waals surface area contributed by atoms with E-state index in [0.29, 0.717) is 15.8 Å². The number of ether oxygens (including phenoxy) is 2. The van der Waals surface area contributed by atoms with Gasteiger partial charge in [-0.3, -0.25) is 0 Å². The fourth-order valence-corrected chi connectivity index (χ4v) is 3.19. The van der Waals surface area contributed by atoms with Crippen molar-refractivity contribution in [2.24, 2.45) is 0 Å². The fraction of sp³-hybridized carbons (Fsp3) is 0.357. The van der Waals surface area contributed by atoms with Crippen LogP contribution in [0.2, 0.25) is 5.15 Å². The van der Waals surface area contributed by atoms with Gasteiger partial charge in [-0.05, 0) is 19.9 Å². The van der Waals surface area contributed by atoms with Gasteiger partial charge in [-0.2, -0.15) is 4.98 Å². The van der Waals surface area contributed by atoms with E-state index in [1.807, 2.05) is 32.0 Å². The predicted octanol–water partition coefficient (Wildman–Crippen LogP) is 3.79. The van der Waals surface area contributed by atoms with Crippen LogP contribution in [0.1, 0.15) is 24.3 Å². The summed E-state index contributed by atoms with van der Waals surface area (Å²) in [6, 6.07) is 5.81. The number of para-hydroxylation sites is 1. The highest BCUT2D eigenvalue weighted by molar-refractivity contribution is 7.13. The Morgan fingerprint density at radius 1 is 1.50 bits per heavy atom. The minimum atomic E-state index is -0.224. The van der Waals surface area contributed by atoms with Crippen molar-refractivity contribution < 1.29 is 14.6 Å². The maximum atomic E-state index is 9.13. The van der Waals surface area contributed by atoms with Crippen molar-refractivity contribution >= 4 is 22.9 Å². The van der Waals surface area contributed by atoms with E-state index in [4.69, 9.17) is 26.2 Å². The lowest BCUT2D eigenvalue weighted by Crippen LogP contribution is -2.24. The molecule has 0 radical (unpaired) electrons. The van der Waals surface area contributed by atoms with Gasteiger partial charge >= 0.3 is 0 Å². The predicted molar refractivity (Wildman–Crippen MR) is 78.0 cm³/mol. The summed E-state index contributed by atoms with van der Waals surface area (Å²) in [5.41, 5.74) is 0.899. The third-order valence-electron chi connectivity index (χ3n) is 3.03. The molecule has 3 rings (SSSR count). The quantitative estimate of drug-likeness (QED) is 0.937. The second-order valence-electron chi connectivity index (χ2n) is 5.24. The van der Waals surface area contributed by atoms with Gasteiger partial charge in [0.15, 0.2) is 11.5 Å². The Balaban J connectivity index is 1.91. The molecule has 0 atom stereocenters. The molecule has 2 heterocycles. The SMILES string of the molecule is CC1(C)Cc2cccc(Oc3nc(Cl)c(CO)s3)c2O1. The van der Waals surface area contributed by atoms with Crippen molar-refractivity contribution in [2.45, 2.75) is 32.5 Å². The highest BCUT2D eigenvalue weighted by Crippen LogP contribution is 2.44. The van der Waals surface area contributed by atoms with Gasteiger partial charge in [0.1, 0.15) is 10.8 Å². The second-order valence-corrected chi connectivity index (χ2v) is 6.64. The normalized spacial score (nSPS) is 15.8. The molecule has 2 aromatic rings. The molecule has 0 amide bonds. The average molecular weight is 312 g/mol. The van der Waals surface area contributed by atoms with Crippen LogP contribution < -0.4 is 9.47 Å². The van der Waals surface area contributed by atoms with Crippen molar-refractivity contribution in [1.82, 2.24) is 4.98 Å². The Labute approximate surface area is 125 Å². The minimum Gasteiger partial charge on any atom is -0.483 e. The summed E-state index contributed by atoms with van der Waals surface area (Å²) in [4.78, 5) is 4.68. The van der Waals surface area contributed by atoms with E-state index in [1.54, 1.807) is 0 Å². The van der Waals surface area contributed by atoms with Crippen LogP contribution in [0.25, 0.3) is 0 Å². The minimum absolute atomic E-state index is 0.143. The number of nitrogens with zero attached hydrogens (tertiary/aromatic N) is 1. The first-order valence-corrected chi connectivity index (χ1v) is 7.43. The summed E-state index contributed by atoms with van der Waals surface area (Å²) in [6.07, 6.45) is 0.847. The largest absolute Gasteiger partial charge is 0.483 e. The molecule has 0 fully saturated rings. The Kier molecular flexibility index (Phi) is 3.36. The Hall–Kier alpha value is -1.30. The van der Waals surface area contributed by atoms with Gasteiger partial charge in [0.2, 0.25) is 0 Å². The summed E-state index contributed by atoms with van der Waals surface area (Å²) in [5, 5.41) is 9.81. The van der Waals surface area contributed by atoms with E-state index in [1.165, 1.54) is 11.3 Å². The van der Waals surface area contributed by atoms with Crippen molar-refractivity contribution in [3.63, 3.8) is 0 Å². The summed E-state index contributed by atoms with van der Waals surface area (Å²) in [7, 11) is 0. The topological polar surface area (TPSA) is 51.6 Å². The van der Waals surface area contributed by atoms with Crippen LogP contribution in [0.3, 0.4) is 0 Å². The third kappa shape index (κ3) is 2.49. The van der Waals surface area contributed by atoms with Gasteiger partial charge in [0.25, 0.3) is 5.19 Å². The van der Waals surface area contributed by atoms with Crippen LogP contribution in [0.5, 0.6) is 16.7 Å². The summed E-state index contributed by atoms with van der Waals surface area (Å²) in [5.74, 6) is 1.39. The summed E-state index contributed by atoms with van der Waals surface area (Å²) < 4.78 is 11.7. The lowest BCUT2D eigenvalue weighted by atomic mass is 10.0. The molecular weight excluding hydrogens is 298 g/mol. The molecule has 1 N–H and O–H groups in total. The molecule has 1 aliphatic heterocycles. The zero-order chi connectivity index (χ0) is 14.3. The van der Waals surface area contributed by atoms with Crippen molar-refractivity contribution in [3.8, 4) is 16.7 Å². The van der Waals surface area contributed by atoms with Gasteiger partial charge in [0.05, 0.1) is 11.5 Å². The molecule has 0 unspecified atom stereocenters. The molecule has 0 bridgehead atoms. The zero-order valence-corrected chi connectivity index (χ0v) is 12.7. The second kappa shape index (κ2) is 4.91. The summed E-state index contributed by atoms with van der Waals surface area (Å²) >= 11 is 7.13. The van der Waals surface area contributed by atoms with Crippen molar-refractivity contribution in [1.29, 1.82) is 0 Å². The molecule has 0 aliphatic carbocycles. The number of halogens is 1. The number of aliphatic hydroxyl groups is 1. The van der Waals surface area contributed by atoms with E-state index < -0.39 is 0 Å². The molecule has 1 aliphatic rings. The van der Waals surface area contributed by atoms with Crippen molar-refractivity contribution in [2.75, 3.05) is 0 Å². The first kappa shape index (κ1) is 13.7. The smallest absolute Gasteiger partial charge is 0.280 e. The molecule has 0 saturated carbocycles. The van der Waals surface area contributed by atoms with Crippen LogP contribution in [0.4, 0.5) is 0 Å². The van der Waals surface area contributed by atoms with E-state index in [-0.39, 0.29) is 17.4 Å². The fourth-order valence-electron chi connectivity index (χ4n) is 2.22. The van der Waals surface area contributed by atoms with Gasteiger partial charge in [-0.15, -0.1) is 0 Å². The third-order valence-corrected chi connectivity index (χ3v) is 4.37. The lowest BCUT2D eigenvalue weighted by Gasteiger charge is -2.17. The maximum Gasteiger partial charge on any atom is 0.280 e. The van der Waals surface area contributed by atoms with Crippen molar-refractivity contribution in [3.05, 3.63) is 33.8 Å². The maximum absolute atomic E-state index is 9.13. The number of rotatable bonds is 3. The molecule has 20 heavy (non-hydrogen) atoms. The number of hydrogen-bond donors (Lipinski definition) is 1. The highest BCUT2D eigenvalue weighted by Gasteiger charge is 2.32. The van der Waals surface area contributed by atoms with E-state index in [0.717, 1.165) is 17.7 Å². The van der Waals surface area contributed by atoms with Gasteiger partial charge in [0, 0.05) is 12.0 Å². The van der Waals surface area contributed by atoms with Gasteiger partial charge < -0.3 is 14.6 Å². The molecule has 0 spiro atoms. The Bertz CT molecular complexity index is 654. The van der Waals surface area contributed by atoms with Crippen LogP contribution in [-0.4, -0.2) is 15.7 Å². The number of benzene rings is 1. The highest BCUT2D eigenvalue weighted by atomic mass is 35.5. The number of thiazole rings is 1. The lowest BCUT2D eigenvalue weighted by molar-refractivity contribution is 0.135. The number of fused-ring (bicyclic) bond motifs is 1. The first-order chi connectivity index (χ1) is 9.48. The number of aromatic nitrogens is 1. The summed E-state index contributed by atoms with van der Waals surface area (Å²) in [6.45, 7) is 3.94. The van der Waals surface area contributed by atoms with E-state index in [9.17, 15) is 0 Å². The average Bonchev–Trinajstić information content (AvgIpc) is 2.88. The zero-order valence-electron chi connectivity index (χ0n) is 11.1. The van der Waals surface area contributed by atoms with Crippen LogP contribution in [0, 0.1) is 0 Å². The Morgan fingerprint density at radius 2 is 2.30 bits per heavy atom. The molecular formula is C14H14ClNO3S. The molecule has 0 saturated heterocycles. The first-order valence-electron chi connectivity index (χ1n) is 6.23. The Morgan fingerprint density at radius 3 is 3.00 bits per heavy atom. The van der Waals surface area contributed by atoms with Gasteiger partial charge in [-0.1, -0.05) is 35.1 Å². The molecule has 6 heteroatoms. The molecule has 1 aromatic carbocycles. The monoisotopic (exact) mass is 311 g/mol. The molecule has 106 valence electrons. The van der Waals surface area contributed by atoms with E-state index in [2.05, 4.69) is 4.98 Å². The van der Waals surface area contributed by atoms with Gasteiger partial charge in [-0.25, -0.2) is 0 Å². The number of hydrogen-bond acceptors (Lipinski definition) is 5.